The Bertz CT molecular complexity index is 1110. The molecule has 0 aliphatic rings. The summed E-state index contributed by atoms with van der Waals surface area (Å²) in [6.07, 6.45) is 0. The van der Waals surface area contributed by atoms with E-state index in [0.717, 1.165) is 39.2 Å². The van der Waals surface area contributed by atoms with Crippen molar-refractivity contribution in [2.75, 3.05) is 0 Å². The van der Waals surface area contributed by atoms with Crippen molar-refractivity contribution in [1.82, 2.24) is 9.78 Å². The van der Waals surface area contributed by atoms with Crippen LogP contribution in [0.2, 0.25) is 0 Å². The number of aromatic nitrogens is 2. The normalized spacial score (nSPS) is 10.9. The summed E-state index contributed by atoms with van der Waals surface area (Å²) in [4.78, 5) is 0. The van der Waals surface area contributed by atoms with Gasteiger partial charge in [-0.05, 0) is 43.5 Å². The molecular formula is C24H22N2O. The molecule has 1 aromatic heterocycles. The Morgan fingerprint density at radius 2 is 1.37 bits per heavy atom. The van der Waals surface area contributed by atoms with Gasteiger partial charge in [0.2, 0.25) is 5.88 Å². The van der Waals surface area contributed by atoms with Crippen molar-refractivity contribution in [3.05, 3.63) is 89.5 Å². The Balaban J connectivity index is 2.02. The predicted octanol–water partition coefficient (Wildman–Crippen LogP) is 5.84. The molecule has 4 aromatic rings. The van der Waals surface area contributed by atoms with Crippen LogP contribution in [-0.2, 0) is 0 Å². The van der Waals surface area contributed by atoms with E-state index in [9.17, 15) is 5.11 Å². The first-order valence-electron chi connectivity index (χ1n) is 9.07. The molecule has 3 nitrogen and oxygen atoms in total. The molecule has 0 atom stereocenters. The molecule has 0 unspecified atom stereocenters. The third-order valence-electron chi connectivity index (χ3n) is 4.95. The van der Waals surface area contributed by atoms with Crippen LogP contribution in [0.4, 0.5) is 0 Å². The van der Waals surface area contributed by atoms with Crippen molar-refractivity contribution in [3.8, 4) is 34.0 Å². The van der Waals surface area contributed by atoms with Crippen molar-refractivity contribution in [2.24, 2.45) is 0 Å². The maximum absolute atomic E-state index is 11.2. The minimum Gasteiger partial charge on any atom is -0.493 e. The smallest absolute Gasteiger partial charge is 0.222 e. The highest BCUT2D eigenvalue weighted by Crippen LogP contribution is 2.41. The summed E-state index contributed by atoms with van der Waals surface area (Å²) < 4.78 is 1.65. The predicted molar refractivity (Wildman–Crippen MR) is 110 cm³/mol. The van der Waals surface area contributed by atoms with Gasteiger partial charge in [0.15, 0.2) is 0 Å². The zero-order valence-corrected chi connectivity index (χ0v) is 15.8. The van der Waals surface area contributed by atoms with E-state index < -0.39 is 0 Å². The monoisotopic (exact) mass is 354 g/mol. The zero-order chi connectivity index (χ0) is 19.0. The number of aromatic hydroxyl groups is 1. The van der Waals surface area contributed by atoms with Gasteiger partial charge < -0.3 is 5.11 Å². The summed E-state index contributed by atoms with van der Waals surface area (Å²) in [5, 5.41) is 16.0. The number of aryl methyl sites for hydroxylation is 3. The molecule has 0 aliphatic carbocycles. The maximum Gasteiger partial charge on any atom is 0.222 e. The molecule has 1 heterocycles. The number of nitrogens with zero attached hydrogens (tertiary/aromatic N) is 2. The minimum atomic E-state index is 0.159. The fourth-order valence-corrected chi connectivity index (χ4v) is 3.39. The van der Waals surface area contributed by atoms with Crippen molar-refractivity contribution in [1.29, 1.82) is 0 Å². The lowest BCUT2D eigenvalue weighted by molar-refractivity contribution is 0.435. The Morgan fingerprint density at radius 3 is 2.04 bits per heavy atom. The van der Waals surface area contributed by atoms with Gasteiger partial charge in [-0.3, -0.25) is 0 Å². The Kier molecular flexibility index (Phi) is 4.28. The van der Waals surface area contributed by atoms with Gasteiger partial charge in [-0.2, -0.15) is 9.78 Å². The second-order valence-corrected chi connectivity index (χ2v) is 6.93. The highest BCUT2D eigenvalue weighted by atomic mass is 16.3. The van der Waals surface area contributed by atoms with E-state index in [0.29, 0.717) is 0 Å². The second-order valence-electron chi connectivity index (χ2n) is 6.93. The molecular weight excluding hydrogens is 332 g/mol. The van der Waals surface area contributed by atoms with Crippen LogP contribution in [0.3, 0.4) is 0 Å². The first-order valence-corrected chi connectivity index (χ1v) is 9.07. The lowest BCUT2D eigenvalue weighted by Gasteiger charge is -2.07. The molecule has 1 N–H and O–H groups in total. The summed E-state index contributed by atoms with van der Waals surface area (Å²) in [6, 6.07) is 24.3. The number of hydrogen-bond donors (Lipinski definition) is 1. The average Bonchev–Trinajstić information content (AvgIpc) is 3.00. The van der Waals surface area contributed by atoms with Crippen molar-refractivity contribution in [3.63, 3.8) is 0 Å². The van der Waals surface area contributed by atoms with Crippen LogP contribution in [0.25, 0.3) is 28.1 Å². The topological polar surface area (TPSA) is 38.0 Å². The molecule has 3 heteroatoms. The van der Waals surface area contributed by atoms with Gasteiger partial charge in [-0.25, -0.2) is 0 Å². The molecule has 0 bridgehead atoms. The highest BCUT2D eigenvalue weighted by Gasteiger charge is 2.22. The third-order valence-corrected chi connectivity index (χ3v) is 4.95. The number of benzene rings is 3. The summed E-state index contributed by atoms with van der Waals surface area (Å²) in [6.45, 7) is 6.15. The van der Waals surface area contributed by atoms with Gasteiger partial charge in [-0.1, -0.05) is 72.3 Å². The molecule has 0 saturated carbocycles. The van der Waals surface area contributed by atoms with E-state index in [2.05, 4.69) is 38.1 Å². The summed E-state index contributed by atoms with van der Waals surface area (Å²) in [5.74, 6) is 0.159. The second kappa shape index (κ2) is 6.76. The molecule has 4 rings (SSSR count). The lowest BCUT2D eigenvalue weighted by Crippen LogP contribution is -1.98. The Hall–Kier alpha value is -3.33. The molecule has 3 aromatic carbocycles. The molecule has 27 heavy (non-hydrogen) atoms. The van der Waals surface area contributed by atoms with E-state index >= 15 is 0 Å². The summed E-state index contributed by atoms with van der Waals surface area (Å²) in [7, 11) is 0. The van der Waals surface area contributed by atoms with Crippen LogP contribution in [0, 0.1) is 20.8 Å². The molecule has 134 valence electrons. The van der Waals surface area contributed by atoms with E-state index in [1.807, 2.05) is 55.5 Å². The molecule has 0 aliphatic heterocycles. The largest absolute Gasteiger partial charge is 0.493 e. The highest BCUT2D eigenvalue weighted by molar-refractivity contribution is 5.86. The SMILES string of the molecule is Cc1ccc(-c2c(-c3ccccc3C)nn(-c3ccccc3C)c2O)cc1. The van der Waals surface area contributed by atoms with Gasteiger partial charge in [-0.15, -0.1) is 0 Å². The molecule has 0 fully saturated rings. The lowest BCUT2D eigenvalue weighted by atomic mass is 9.98. The third kappa shape index (κ3) is 3.02. The van der Waals surface area contributed by atoms with Crippen LogP contribution in [0.15, 0.2) is 72.8 Å². The van der Waals surface area contributed by atoms with Crippen molar-refractivity contribution in [2.45, 2.75) is 20.8 Å². The molecule has 0 amide bonds. The van der Waals surface area contributed by atoms with Crippen LogP contribution >= 0.6 is 0 Å². The standard InChI is InChI=1S/C24H22N2O/c1-16-12-14-19(15-13-16)22-23(20-10-6-4-8-17(20)2)25-26(24(22)27)21-11-7-5-9-18(21)3/h4-15,27H,1-3H3. The number of para-hydroxylation sites is 1. The fourth-order valence-electron chi connectivity index (χ4n) is 3.39. The maximum atomic E-state index is 11.2. The zero-order valence-electron chi connectivity index (χ0n) is 15.8. The number of hydrogen-bond acceptors (Lipinski definition) is 2. The van der Waals surface area contributed by atoms with Gasteiger partial charge in [0.25, 0.3) is 0 Å². The fraction of sp³-hybridized carbons (Fsp3) is 0.125. The van der Waals surface area contributed by atoms with Gasteiger partial charge in [0.05, 0.1) is 11.3 Å². The Labute approximate surface area is 159 Å². The quantitative estimate of drug-likeness (QED) is 0.502. The first kappa shape index (κ1) is 17.1. The van der Waals surface area contributed by atoms with Crippen LogP contribution in [-0.4, -0.2) is 14.9 Å². The van der Waals surface area contributed by atoms with Crippen LogP contribution in [0.5, 0.6) is 5.88 Å². The van der Waals surface area contributed by atoms with Crippen LogP contribution < -0.4 is 0 Å². The van der Waals surface area contributed by atoms with Gasteiger partial charge in [0.1, 0.15) is 5.69 Å². The van der Waals surface area contributed by atoms with Gasteiger partial charge in [0, 0.05) is 5.56 Å². The molecule has 0 radical (unpaired) electrons. The van der Waals surface area contributed by atoms with E-state index in [-0.39, 0.29) is 5.88 Å². The van der Waals surface area contributed by atoms with Crippen molar-refractivity contribution >= 4 is 0 Å². The van der Waals surface area contributed by atoms with Crippen molar-refractivity contribution < 1.29 is 5.11 Å². The van der Waals surface area contributed by atoms with Crippen LogP contribution in [0.1, 0.15) is 16.7 Å². The Morgan fingerprint density at radius 1 is 0.741 bits per heavy atom. The minimum absolute atomic E-state index is 0.159. The van der Waals surface area contributed by atoms with E-state index in [1.54, 1.807) is 4.68 Å². The summed E-state index contributed by atoms with van der Waals surface area (Å²) >= 11 is 0. The first-order chi connectivity index (χ1) is 13.1. The number of rotatable bonds is 3. The molecule has 0 spiro atoms. The molecule has 0 saturated heterocycles. The average molecular weight is 354 g/mol. The van der Waals surface area contributed by atoms with E-state index in [1.165, 1.54) is 5.56 Å². The van der Waals surface area contributed by atoms with Gasteiger partial charge >= 0.3 is 0 Å². The summed E-state index contributed by atoms with van der Waals surface area (Å²) in [5.41, 5.74) is 7.77. The van der Waals surface area contributed by atoms with E-state index in [4.69, 9.17) is 5.10 Å².